The van der Waals surface area contributed by atoms with Crippen molar-refractivity contribution < 1.29 is 14.2 Å². The van der Waals surface area contributed by atoms with Gasteiger partial charge in [0, 0.05) is 49.1 Å². The number of β-amino-alcohol motifs (C(OH)–C–C–N with tert-alkyl or cyclic N) is 1. The van der Waals surface area contributed by atoms with E-state index in [4.69, 9.17) is 10.1 Å². The third-order valence-electron chi connectivity index (χ3n) is 7.18. The topological polar surface area (TPSA) is 97.6 Å². The van der Waals surface area contributed by atoms with Gasteiger partial charge in [0.1, 0.15) is 23.6 Å². The molecule has 34 heavy (non-hydrogen) atoms. The molecule has 3 N–H and O–H groups in total. The molecular weight excluding hydrogens is 435 g/mol. The summed E-state index contributed by atoms with van der Waals surface area (Å²) in [7, 11) is 0. The number of hydrogen-bond donors (Lipinski definition) is 3. The molecule has 1 aromatic carbocycles. The lowest BCUT2D eigenvalue weighted by atomic mass is 9.84. The molecule has 3 aliphatic heterocycles. The number of alkyl halides is 1. The van der Waals surface area contributed by atoms with E-state index in [0.717, 1.165) is 41.2 Å². The number of hydrogen-bond acceptors (Lipinski definition) is 8. The maximum absolute atomic E-state index is 15.3. The SMILES string of the molecule is Cc1nc(Nc2cc(C3CCN(C4COC4)CC3F)c(C)cc2C=N)cc(N2CC(C)(O)C2)n1. The van der Waals surface area contributed by atoms with Gasteiger partial charge in [-0.3, -0.25) is 4.90 Å². The predicted octanol–water partition coefficient (Wildman–Crippen LogP) is 2.93. The van der Waals surface area contributed by atoms with Gasteiger partial charge < -0.3 is 25.5 Å². The van der Waals surface area contributed by atoms with Gasteiger partial charge in [0.15, 0.2) is 0 Å². The number of ether oxygens (including phenoxy) is 1. The van der Waals surface area contributed by atoms with Crippen molar-refractivity contribution in [3.8, 4) is 0 Å². The van der Waals surface area contributed by atoms with Crippen LogP contribution in [-0.2, 0) is 4.74 Å². The van der Waals surface area contributed by atoms with Crippen molar-refractivity contribution in [3.63, 3.8) is 0 Å². The van der Waals surface area contributed by atoms with E-state index in [-0.39, 0.29) is 5.92 Å². The van der Waals surface area contributed by atoms with Crippen molar-refractivity contribution in [1.29, 1.82) is 5.41 Å². The summed E-state index contributed by atoms with van der Waals surface area (Å²) < 4.78 is 20.6. The largest absolute Gasteiger partial charge is 0.386 e. The zero-order valence-electron chi connectivity index (χ0n) is 20.0. The molecular formula is C25H33FN6O2. The van der Waals surface area contributed by atoms with Crippen LogP contribution < -0.4 is 10.2 Å². The van der Waals surface area contributed by atoms with Crippen molar-refractivity contribution in [1.82, 2.24) is 14.9 Å². The number of anilines is 3. The van der Waals surface area contributed by atoms with Crippen LogP contribution in [-0.4, -0.2) is 83.4 Å². The Kier molecular flexibility index (Phi) is 6.03. The number of aliphatic hydroxyl groups is 1. The molecule has 3 saturated heterocycles. The lowest BCUT2D eigenvalue weighted by Gasteiger charge is -2.45. The minimum absolute atomic E-state index is 0.177. The lowest BCUT2D eigenvalue weighted by Crippen LogP contribution is -2.60. The van der Waals surface area contributed by atoms with E-state index in [1.165, 1.54) is 6.21 Å². The van der Waals surface area contributed by atoms with Crippen LogP contribution in [0.15, 0.2) is 18.2 Å². The van der Waals surface area contributed by atoms with Crippen LogP contribution in [0.5, 0.6) is 0 Å². The van der Waals surface area contributed by atoms with Gasteiger partial charge in [-0.25, -0.2) is 14.4 Å². The average molecular weight is 469 g/mol. The fourth-order valence-electron chi connectivity index (χ4n) is 5.27. The number of benzene rings is 1. The first-order chi connectivity index (χ1) is 16.2. The van der Waals surface area contributed by atoms with Gasteiger partial charge in [-0.05, 0) is 57.0 Å². The van der Waals surface area contributed by atoms with Crippen molar-refractivity contribution in [2.45, 2.75) is 50.9 Å². The van der Waals surface area contributed by atoms with Gasteiger partial charge in [0.05, 0.1) is 24.9 Å². The third-order valence-corrected chi connectivity index (χ3v) is 7.18. The molecule has 5 rings (SSSR count). The van der Waals surface area contributed by atoms with E-state index in [1.807, 2.05) is 43.9 Å². The van der Waals surface area contributed by atoms with Crippen LogP contribution in [0, 0.1) is 19.3 Å². The van der Waals surface area contributed by atoms with Gasteiger partial charge >= 0.3 is 0 Å². The summed E-state index contributed by atoms with van der Waals surface area (Å²) in [6.45, 7) is 9.38. The Morgan fingerprint density at radius 1 is 1.24 bits per heavy atom. The molecule has 0 saturated carbocycles. The number of aryl methyl sites for hydroxylation is 2. The monoisotopic (exact) mass is 468 g/mol. The van der Waals surface area contributed by atoms with E-state index in [9.17, 15) is 5.11 Å². The van der Waals surface area contributed by atoms with Gasteiger partial charge in [-0.1, -0.05) is 0 Å². The number of halogens is 1. The highest BCUT2D eigenvalue weighted by atomic mass is 19.1. The molecule has 3 aliphatic rings. The highest BCUT2D eigenvalue weighted by molar-refractivity contribution is 5.88. The first-order valence-corrected chi connectivity index (χ1v) is 11.9. The number of piperidine rings is 1. The first-order valence-electron chi connectivity index (χ1n) is 11.9. The molecule has 2 unspecified atom stereocenters. The minimum atomic E-state index is -0.946. The number of aromatic nitrogens is 2. The summed E-state index contributed by atoms with van der Waals surface area (Å²) in [6.07, 6.45) is 1.12. The molecule has 3 fully saturated rings. The molecule has 1 aromatic heterocycles. The van der Waals surface area contributed by atoms with Gasteiger partial charge in [-0.2, -0.15) is 0 Å². The van der Waals surface area contributed by atoms with E-state index in [0.29, 0.717) is 50.5 Å². The van der Waals surface area contributed by atoms with E-state index < -0.39 is 11.8 Å². The van der Waals surface area contributed by atoms with E-state index in [1.54, 1.807) is 0 Å². The maximum atomic E-state index is 15.3. The summed E-state index contributed by atoms with van der Waals surface area (Å²) >= 11 is 0. The maximum Gasteiger partial charge on any atom is 0.136 e. The highest BCUT2D eigenvalue weighted by Gasteiger charge is 2.38. The van der Waals surface area contributed by atoms with E-state index in [2.05, 4.69) is 20.2 Å². The van der Waals surface area contributed by atoms with Gasteiger partial charge in [0.25, 0.3) is 0 Å². The molecule has 4 heterocycles. The fourth-order valence-corrected chi connectivity index (χ4v) is 5.27. The fraction of sp³-hybridized carbons (Fsp3) is 0.560. The van der Waals surface area contributed by atoms with Crippen molar-refractivity contribution in [3.05, 3.63) is 40.7 Å². The average Bonchev–Trinajstić information content (AvgIpc) is 2.72. The van der Waals surface area contributed by atoms with Crippen LogP contribution in [0.3, 0.4) is 0 Å². The van der Waals surface area contributed by atoms with Crippen LogP contribution >= 0.6 is 0 Å². The van der Waals surface area contributed by atoms with Crippen molar-refractivity contribution >= 4 is 23.5 Å². The molecule has 9 heteroatoms. The summed E-state index contributed by atoms with van der Waals surface area (Å²) in [5, 5.41) is 21.4. The Balaban J connectivity index is 1.39. The van der Waals surface area contributed by atoms with Crippen molar-refractivity contribution in [2.75, 3.05) is 49.6 Å². The molecule has 0 bridgehead atoms. The third kappa shape index (κ3) is 4.52. The first kappa shape index (κ1) is 23.1. The number of nitrogens with zero attached hydrogens (tertiary/aromatic N) is 4. The van der Waals surface area contributed by atoms with Crippen LogP contribution in [0.4, 0.5) is 21.7 Å². The Morgan fingerprint density at radius 3 is 2.62 bits per heavy atom. The predicted molar refractivity (Wildman–Crippen MR) is 130 cm³/mol. The molecule has 2 atom stereocenters. The summed E-state index contributed by atoms with van der Waals surface area (Å²) in [5.41, 5.74) is 2.74. The number of rotatable bonds is 6. The number of likely N-dealkylation sites (tertiary alicyclic amines) is 1. The second-order valence-corrected chi connectivity index (χ2v) is 10.2. The van der Waals surface area contributed by atoms with Crippen LogP contribution in [0.25, 0.3) is 0 Å². The van der Waals surface area contributed by atoms with E-state index >= 15 is 4.39 Å². The van der Waals surface area contributed by atoms with Crippen LogP contribution in [0.2, 0.25) is 0 Å². The lowest BCUT2D eigenvalue weighted by molar-refractivity contribution is -0.0807. The normalized spacial score (nSPS) is 24.9. The zero-order valence-corrected chi connectivity index (χ0v) is 20.0. The standard InChI is InChI=1S/C25H33FN6O2/c1-15-6-17(9-27)22(7-20(15)19-4-5-31(10-21(19)26)18-11-34-12-18)30-23-8-24(29-16(2)28-23)32-13-25(3,33)14-32/h6-9,18-19,21,27,33H,4-5,10-14H2,1-3H3,(H,28,29,30). The zero-order chi connectivity index (χ0) is 24.0. The summed E-state index contributed by atoms with van der Waals surface area (Å²) in [4.78, 5) is 13.3. The molecule has 0 amide bonds. The molecule has 2 aromatic rings. The van der Waals surface area contributed by atoms with Gasteiger partial charge in [-0.15, -0.1) is 0 Å². The Morgan fingerprint density at radius 2 is 2.00 bits per heavy atom. The molecule has 0 aliphatic carbocycles. The quantitative estimate of drug-likeness (QED) is 0.561. The summed E-state index contributed by atoms with van der Waals surface area (Å²) in [6, 6.07) is 6.14. The minimum Gasteiger partial charge on any atom is -0.386 e. The number of nitrogens with one attached hydrogen (secondary N) is 2. The molecule has 0 radical (unpaired) electrons. The highest BCUT2D eigenvalue weighted by Crippen LogP contribution is 2.37. The Hall–Kier alpha value is -2.62. The molecule has 8 nitrogen and oxygen atoms in total. The van der Waals surface area contributed by atoms with Crippen molar-refractivity contribution in [2.24, 2.45) is 0 Å². The Bertz CT molecular complexity index is 1080. The second-order valence-electron chi connectivity index (χ2n) is 10.2. The molecule has 0 spiro atoms. The summed E-state index contributed by atoms with van der Waals surface area (Å²) in [5.74, 6) is 1.81. The smallest absolute Gasteiger partial charge is 0.136 e. The van der Waals surface area contributed by atoms with Gasteiger partial charge in [0.2, 0.25) is 0 Å². The Labute approximate surface area is 199 Å². The van der Waals surface area contributed by atoms with Crippen LogP contribution in [0.1, 0.15) is 41.8 Å². The second kappa shape index (κ2) is 8.87. The molecule has 182 valence electrons.